The fraction of sp³-hybridized carbons (Fsp3) is 0.316. The van der Waals surface area contributed by atoms with E-state index in [1.165, 1.54) is 12.1 Å². The Bertz CT molecular complexity index is 743. The Morgan fingerprint density at radius 1 is 1.12 bits per heavy atom. The lowest BCUT2D eigenvalue weighted by Crippen LogP contribution is -2.48. The quantitative estimate of drug-likeness (QED) is 0.904. The molecule has 132 valence electrons. The van der Waals surface area contributed by atoms with Gasteiger partial charge in [0.2, 0.25) is 5.91 Å². The third kappa shape index (κ3) is 4.71. The van der Waals surface area contributed by atoms with Crippen LogP contribution >= 0.6 is 11.6 Å². The van der Waals surface area contributed by atoms with E-state index in [2.05, 4.69) is 21.2 Å². The summed E-state index contributed by atoms with van der Waals surface area (Å²) in [5.41, 5.74) is 2.80. The highest BCUT2D eigenvalue weighted by molar-refractivity contribution is 6.31. The van der Waals surface area contributed by atoms with Crippen LogP contribution in [0, 0.1) is 12.7 Å². The maximum atomic E-state index is 12.9. The van der Waals surface area contributed by atoms with Crippen molar-refractivity contribution < 1.29 is 9.18 Å². The first-order valence-corrected chi connectivity index (χ1v) is 8.68. The number of hydrogen-bond acceptors (Lipinski definition) is 3. The normalized spacial score (nSPS) is 15.2. The Labute approximate surface area is 152 Å². The molecule has 1 amide bonds. The molecule has 25 heavy (non-hydrogen) atoms. The molecule has 0 atom stereocenters. The molecule has 1 aliphatic heterocycles. The number of rotatable bonds is 4. The first-order valence-electron chi connectivity index (χ1n) is 8.30. The van der Waals surface area contributed by atoms with E-state index in [4.69, 9.17) is 11.6 Å². The molecular formula is C19H21ClFN3O. The van der Waals surface area contributed by atoms with E-state index >= 15 is 0 Å². The lowest BCUT2D eigenvalue weighted by Gasteiger charge is -2.35. The lowest BCUT2D eigenvalue weighted by atomic mass is 10.2. The van der Waals surface area contributed by atoms with Crippen molar-refractivity contribution in [1.29, 1.82) is 0 Å². The number of carbonyl (C=O) groups excluding carboxylic acids is 1. The molecule has 0 unspecified atom stereocenters. The highest BCUT2D eigenvalue weighted by Gasteiger charge is 2.19. The first-order chi connectivity index (χ1) is 12.0. The third-order valence-corrected chi connectivity index (χ3v) is 4.80. The van der Waals surface area contributed by atoms with Gasteiger partial charge in [-0.2, -0.15) is 0 Å². The zero-order valence-corrected chi connectivity index (χ0v) is 14.9. The van der Waals surface area contributed by atoms with Crippen LogP contribution in [0.15, 0.2) is 42.5 Å². The number of nitrogens with zero attached hydrogens (tertiary/aromatic N) is 2. The van der Waals surface area contributed by atoms with Crippen LogP contribution in [0.5, 0.6) is 0 Å². The molecule has 4 nitrogen and oxygen atoms in total. The molecule has 1 fully saturated rings. The van der Waals surface area contributed by atoms with Crippen molar-refractivity contribution >= 4 is 28.9 Å². The van der Waals surface area contributed by atoms with Crippen LogP contribution in [-0.2, 0) is 4.79 Å². The van der Waals surface area contributed by atoms with Gasteiger partial charge in [-0.25, -0.2) is 4.39 Å². The van der Waals surface area contributed by atoms with Gasteiger partial charge in [0.25, 0.3) is 0 Å². The number of carbonyl (C=O) groups is 1. The van der Waals surface area contributed by atoms with Crippen LogP contribution in [0.25, 0.3) is 0 Å². The predicted octanol–water partition coefficient (Wildman–Crippen LogP) is 3.55. The van der Waals surface area contributed by atoms with Gasteiger partial charge in [-0.1, -0.05) is 17.7 Å². The fourth-order valence-corrected chi connectivity index (χ4v) is 3.05. The van der Waals surface area contributed by atoms with E-state index in [0.717, 1.165) is 42.5 Å². The van der Waals surface area contributed by atoms with E-state index < -0.39 is 0 Å². The standard InChI is InChI=1S/C19H21ClFN3O/c1-14-2-7-17(12-18(14)20)24-10-8-23(9-11-24)13-19(25)22-16-5-3-15(21)4-6-16/h2-7,12H,8-11,13H2,1H3,(H,22,25). The number of amides is 1. The van der Waals surface area contributed by atoms with Crippen molar-refractivity contribution in [2.75, 3.05) is 42.9 Å². The van der Waals surface area contributed by atoms with Gasteiger partial charge in [-0.05, 0) is 48.9 Å². The van der Waals surface area contributed by atoms with Gasteiger partial charge in [0, 0.05) is 42.6 Å². The fourth-order valence-electron chi connectivity index (χ4n) is 2.88. The van der Waals surface area contributed by atoms with Crippen molar-refractivity contribution in [1.82, 2.24) is 4.90 Å². The molecule has 0 bridgehead atoms. The van der Waals surface area contributed by atoms with E-state index in [-0.39, 0.29) is 11.7 Å². The van der Waals surface area contributed by atoms with Gasteiger partial charge in [0.15, 0.2) is 0 Å². The molecule has 0 aliphatic carbocycles. The van der Waals surface area contributed by atoms with Gasteiger partial charge < -0.3 is 10.2 Å². The molecule has 1 aliphatic rings. The Kier molecular flexibility index (Phi) is 5.56. The Hall–Kier alpha value is -2.11. The zero-order chi connectivity index (χ0) is 17.8. The van der Waals surface area contributed by atoms with Crippen LogP contribution in [0.3, 0.4) is 0 Å². The predicted molar refractivity (Wildman–Crippen MR) is 99.9 cm³/mol. The van der Waals surface area contributed by atoms with E-state index in [1.807, 2.05) is 19.1 Å². The van der Waals surface area contributed by atoms with E-state index in [0.29, 0.717) is 12.2 Å². The maximum Gasteiger partial charge on any atom is 0.238 e. The molecule has 0 spiro atoms. The molecule has 1 saturated heterocycles. The number of piperazine rings is 1. The van der Waals surface area contributed by atoms with Crippen LogP contribution in [0.1, 0.15) is 5.56 Å². The van der Waals surface area contributed by atoms with Gasteiger partial charge in [-0.3, -0.25) is 9.69 Å². The number of benzene rings is 2. The molecule has 2 aromatic carbocycles. The van der Waals surface area contributed by atoms with E-state index in [9.17, 15) is 9.18 Å². The molecule has 0 saturated carbocycles. The molecule has 0 aromatic heterocycles. The number of aryl methyl sites for hydroxylation is 1. The summed E-state index contributed by atoms with van der Waals surface area (Å²) in [6.07, 6.45) is 0. The van der Waals surface area contributed by atoms with Gasteiger partial charge >= 0.3 is 0 Å². The highest BCUT2D eigenvalue weighted by atomic mass is 35.5. The Morgan fingerprint density at radius 3 is 2.44 bits per heavy atom. The summed E-state index contributed by atoms with van der Waals surface area (Å²) >= 11 is 6.20. The van der Waals surface area contributed by atoms with Crippen molar-refractivity contribution in [3.63, 3.8) is 0 Å². The smallest absolute Gasteiger partial charge is 0.238 e. The largest absolute Gasteiger partial charge is 0.369 e. The highest BCUT2D eigenvalue weighted by Crippen LogP contribution is 2.24. The van der Waals surface area contributed by atoms with Crippen LogP contribution in [0.4, 0.5) is 15.8 Å². The van der Waals surface area contributed by atoms with Gasteiger partial charge in [0.05, 0.1) is 6.54 Å². The lowest BCUT2D eigenvalue weighted by molar-refractivity contribution is -0.117. The monoisotopic (exact) mass is 361 g/mol. The maximum absolute atomic E-state index is 12.9. The Balaban J connectivity index is 1.49. The molecule has 2 aromatic rings. The van der Waals surface area contributed by atoms with Crippen molar-refractivity contribution in [3.8, 4) is 0 Å². The molecule has 1 N–H and O–H groups in total. The van der Waals surface area contributed by atoms with Crippen molar-refractivity contribution in [2.45, 2.75) is 6.92 Å². The Morgan fingerprint density at radius 2 is 1.80 bits per heavy atom. The molecule has 1 heterocycles. The van der Waals surface area contributed by atoms with Crippen LogP contribution in [-0.4, -0.2) is 43.5 Å². The molecule has 3 rings (SSSR count). The summed E-state index contributed by atoms with van der Waals surface area (Å²) in [5.74, 6) is -0.399. The number of halogens is 2. The minimum Gasteiger partial charge on any atom is -0.369 e. The summed E-state index contributed by atoms with van der Waals surface area (Å²) < 4.78 is 12.9. The van der Waals surface area contributed by atoms with Crippen molar-refractivity contribution in [2.24, 2.45) is 0 Å². The summed E-state index contributed by atoms with van der Waals surface area (Å²) in [7, 11) is 0. The summed E-state index contributed by atoms with van der Waals surface area (Å²) in [5, 5.41) is 3.57. The van der Waals surface area contributed by atoms with Gasteiger partial charge in [-0.15, -0.1) is 0 Å². The van der Waals surface area contributed by atoms with Crippen LogP contribution in [0.2, 0.25) is 5.02 Å². The SMILES string of the molecule is Cc1ccc(N2CCN(CC(=O)Nc3ccc(F)cc3)CC2)cc1Cl. The number of nitrogens with one attached hydrogen (secondary N) is 1. The second-order valence-corrected chi connectivity index (χ2v) is 6.66. The average Bonchev–Trinajstić information content (AvgIpc) is 2.60. The minimum atomic E-state index is -0.315. The number of hydrogen-bond donors (Lipinski definition) is 1. The number of anilines is 2. The molecule has 6 heteroatoms. The van der Waals surface area contributed by atoms with Gasteiger partial charge in [0.1, 0.15) is 5.82 Å². The van der Waals surface area contributed by atoms with Crippen LogP contribution < -0.4 is 10.2 Å². The molecular weight excluding hydrogens is 341 g/mol. The first kappa shape index (κ1) is 17.7. The second-order valence-electron chi connectivity index (χ2n) is 6.25. The summed E-state index contributed by atoms with van der Waals surface area (Å²) in [4.78, 5) is 16.5. The third-order valence-electron chi connectivity index (χ3n) is 4.39. The van der Waals surface area contributed by atoms with E-state index in [1.54, 1.807) is 12.1 Å². The average molecular weight is 362 g/mol. The summed E-state index contributed by atoms with van der Waals surface area (Å²) in [6, 6.07) is 11.9. The topological polar surface area (TPSA) is 35.6 Å². The van der Waals surface area contributed by atoms with Crippen molar-refractivity contribution in [3.05, 3.63) is 58.9 Å². The summed E-state index contributed by atoms with van der Waals surface area (Å²) in [6.45, 7) is 5.64. The zero-order valence-electron chi connectivity index (χ0n) is 14.1. The minimum absolute atomic E-state index is 0.0848. The second kappa shape index (κ2) is 7.85. The molecule has 0 radical (unpaired) electrons.